The molecule has 1 N–H and O–H groups in total. The van der Waals surface area contributed by atoms with Crippen LogP contribution >= 0.6 is 0 Å². The maximum atomic E-state index is 11.9. The van der Waals surface area contributed by atoms with Gasteiger partial charge in [-0.1, -0.05) is 6.07 Å². The summed E-state index contributed by atoms with van der Waals surface area (Å²) in [6.45, 7) is 3.03. The topological polar surface area (TPSA) is 73.6 Å². The number of benzene rings is 1. The van der Waals surface area contributed by atoms with Crippen molar-refractivity contribution in [3.63, 3.8) is 0 Å². The van der Waals surface area contributed by atoms with Crippen LogP contribution in [0, 0.1) is 6.92 Å². The van der Waals surface area contributed by atoms with Gasteiger partial charge in [-0.05, 0) is 31.5 Å². The van der Waals surface area contributed by atoms with Crippen LogP contribution in [0.25, 0.3) is 11.5 Å². The Kier molecular flexibility index (Phi) is 6.17. The standard InChI is InChI=1S/C17H22N2O4/c1-12-15(11-16(20)18-8-5-9-21-2)19-17(23-12)13-6-4-7-14(10-13)22-3/h4,6-7,10H,5,8-9,11H2,1-3H3,(H,18,20). The molecule has 0 aliphatic heterocycles. The van der Waals surface area contributed by atoms with Gasteiger partial charge in [-0.15, -0.1) is 0 Å². The first-order chi connectivity index (χ1) is 11.1. The molecule has 1 heterocycles. The maximum Gasteiger partial charge on any atom is 0.226 e. The number of aromatic nitrogens is 1. The number of methoxy groups -OCH3 is 2. The van der Waals surface area contributed by atoms with Crippen LogP contribution in [0.15, 0.2) is 28.7 Å². The molecule has 0 atom stereocenters. The number of nitrogens with one attached hydrogen (secondary N) is 1. The number of aryl methyl sites for hydroxylation is 1. The Morgan fingerprint density at radius 3 is 2.91 bits per heavy atom. The number of carbonyl (C=O) groups is 1. The molecule has 0 aliphatic rings. The lowest BCUT2D eigenvalue weighted by atomic mass is 10.2. The highest BCUT2D eigenvalue weighted by molar-refractivity contribution is 5.78. The van der Waals surface area contributed by atoms with E-state index in [1.165, 1.54) is 0 Å². The van der Waals surface area contributed by atoms with Gasteiger partial charge in [0.2, 0.25) is 11.8 Å². The molecule has 2 rings (SSSR count). The molecule has 124 valence electrons. The van der Waals surface area contributed by atoms with Gasteiger partial charge in [0.25, 0.3) is 0 Å². The largest absolute Gasteiger partial charge is 0.497 e. The van der Waals surface area contributed by atoms with E-state index in [1.807, 2.05) is 31.2 Å². The first kappa shape index (κ1) is 17.0. The average Bonchev–Trinajstić information content (AvgIpc) is 2.92. The molecule has 0 saturated heterocycles. The lowest BCUT2D eigenvalue weighted by Crippen LogP contribution is -2.27. The van der Waals surface area contributed by atoms with Gasteiger partial charge >= 0.3 is 0 Å². The second-order valence-corrected chi connectivity index (χ2v) is 5.13. The number of oxazole rings is 1. The Hall–Kier alpha value is -2.34. The van der Waals surface area contributed by atoms with E-state index in [0.717, 1.165) is 17.7 Å². The van der Waals surface area contributed by atoms with E-state index in [1.54, 1.807) is 14.2 Å². The molecule has 1 amide bonds. The molecule has 0 unspecified atom stereocenters. The van der Waals surface area contributed by atoms with Crippen molar-refractivity contribution in [1.82, 2.24) is 10.3 Å². The zero-order chi connectivity index (χ0) is 16.7. The normalized spacial score (nSPS) is 10.6. The zero-order valence-electron chi connectivity index (χ0n) is 13.7. The molecule has 1 aromatic carbocycles. The number of amides is 1. The summed E-state index contributed by atoms with van der Waals surface area (Å²) in [5.41, 5.74) is 1.46. The molecule has 6 nitrogen and oxygen atoms in total. The molecule has 0 saturated carbocycles. The van der Waals surface area contributed by atoms with E-state index in [-0.39, 0.29) is 12.3 Å². The van der Waals surface area contributed by atoms with E-state index < -0.39 is 0 Å². The van der Waals surface area contributed by atoms with E-state index >= 15 is 0 Å². The molecule has 1 aromatic heterocycles. The van der Waals surface area contributed by atoms with Crippen molar-refractivity contribution in [3.8, 4) is 17.2 Å². The minimum Gasteiger partial charge on any atom is -0.497 e. The summed E-state index contributed by atoms with van der Waals surface area (Å²) in [4.78, 5) is 16.4. The van der Waals surface area contributed by atoms with Gasteiger partial charge in [0, 0.05) is 25.8 Å². The van der Waals surface area contributed by atoms with Crippen LogP contribution in [0.2, 0.25) is 0 Å². The van der Waals surface area contributed by atoms with Crippen molar-refractivity contribution in [1.29, 1.82) is 0 Å². The highest BCUT2D eigenvalue weighted by Crippen LogP contribution is 2.25. The fourth-order valence-electron chi connectivity index (χ4n) is 2.13. The molecule has 0 spiro atoms. The average molecular weight is 318 g/mol. The Morgan fingerprint density at radius 1 is 1.35 bits per heavy atom. The van der Waals surface area contributed by atoms with Crippen LogP contribution in [-0.4, -0.2) is 38.3 Å². The van der Waals surface area contributed by atoms with Gasteiger partial charge in [0.05, 0.1) is 19.2 Å². The third kappa shape index (κ3) is 4.82. The predicted molar refractivity (Wildman–Crippen MR) is 86.4 cm³/mol. The zero-order valence-corrected chi connectivity index (χ0v) is 13.7. The molecule has 0 aliphatic carbocycles. The molecular formula is C17H22N2O4. The van der Waals surface area contributed by atoms with E-state index in [9.17, 15) is 4.79 Å². The van der Waals surface area contributed by atoms with Crippen molar-refractivity contribution in [2.45, 2.75) is 19.8 Å². The molecule has 2 aromatic rings. The minimum atomic E-state index is -0.0744. The van der Waals surface area contributed by atoms with E-state index in [2.05, 4.69) is 10.3 Å². The first-order valence-electron chi connectivity index (χ1n) is 7.50. The van der Waals surface area contributed by atoms with Gasteiger partial charge in [-0.2, -0.15) is 0 Å². The number of ether oxygens (including phenoxy) is 2. The second kappa shape index (κ2) is 8.33. The molecule has 23 heavy (non-hydrogen) atoms. The van der Waals surface area contributed by atoms with Crippen LogP contribution in [0.4, 0.5) is 0 Å². The van der Waals surface area contributed by atoms with Crippen LogP contribution in [0.5, 0.6) is 5.75 Å². The number of hydrogen-bond acceptors (Lipinski definition) is 5. The second-order valence-electron chi connectivity index (χ2n) is 5.13. The van der Waals surface area contributed by atoms with Gasteiger partial charge < -0.3 is 19.2 Å². The lowest BCUT2D eigenvalue weighted by Gasteiger charge is -2.03. The third-order valence-electron chi connectivity index (χ3n) is 3.38. The maximum absolute atomic E-state index is 11.9. The summed E-state index contributed by atoms with van der Waals surface area (Å²) < 4.78 is 15.8. The third-order valence-corrected chi connectivity index (χ3v) is 3.38. The Balaban J connectivity index is 2.01. The highest BCUT2D eigenvalue weighted by atomic mass is 16.5. The van der Waals surface area contributed by atoms with E-state index in [4.69, 9.17) is 13.9 Å². The predicted octanol–water partition coefficient (Wildman–Crippen LogP) is 2.35. The molecular weight excluding hydrogens is 296 g/mol. The van der Waals surface area contributed by atoms with Gasteiger partial charge in [-0.25, -0.2) is 4.98 Å². The van der Waals surface area contributed by atoms with Crippen LogP contribution in [-0.2, 0) is 16.0 Å². The van der Waals surface area contributed by atoms with Gasteiger partial charge in [-0.3, -0.25) is 4.79 Å². The van der Waals surface area contributed by atoms with Crippen molar-refractivity contribution < 1.29 is 18.7 Å². The monoisotopic (exact) mass is 318 g/mol. The summed E-state index contributed by atoms with van der Waals surface area (Å²) in [6.07, 6.45) is 0.987. The van der Waals surface area contributed by atoms with Crippen molar-refractivity contribution in [2.24, 2.45) is 0 Å². The molecule has 0 bridgehead atoms. The van der Waals surface area contributed by atoms with Crippen molar-refractivity contribution in [2.75, 3.05) is 27.4 Å². The van der Waals surface area contributed by atoms with Gasteiger partial charge in [0.1, 0.15) is 11.5 Å². The summed E-state index contributed by atoms with van der Waals surface area (Å²) in [5.74, 6) is 1.80. The SMILES string of the molecule is COCCCNC(=O)Cc1nc(-c2cccc(OC)c2)oc1C. The summed E-state index contributed by atoms with van der Waals surface area (Å²) in [6, 6.07) is 7.46. The summed E-state index contributed by atoms with van der Waals surface area (Å²) in [5, 5.41) is 2.84. The Bertz CT molecular complexity index is 652. The van der Waals surface area contributed by atoms with E-state index in [0.29, 0.717) is 30.5 Å². The number of hydrogen-bond donors (Lipinski definition) is 1. The van der Waals surface area contributed by atoms with Crippen LogP contribution < -0.4 is 10.1 Å². The smallest absolute Gasteiger partial charge is 0.226 e. The number of rotatable bonds is 8. The fraction of sp³-hybridized carbons (Fsp3) is 0.412. The number of carbonyl (C=O) groups excluding carboxylic acids is 1. The summed E-state index contributed by atoms with van der Waals surface area (Å²) >= 11 is 0. The Morgan fingerprint density at radius 2 is 2.17 bits per heavy atom. The van der Waals surface area contributed by atoms with Crippen LogP contribution in [0.3, 0.4) is 0 Å². The lowest BCUT2D eigenvalue weighted by molar-refractivity contribution is -0.120. The molecule has 0 fully saturated rings. The summed E-state index contributed by atoms with van der Waals surface area (Å²) in [7, 11) is 3.25. The van der Waals surface area contributed by atoms with Gasteiger partial charge in [0.15, 0.2) is 0 Å². The quantitative estimate of drug-likeness (QED) is 0.756. The highest BCUT2D eigenvalue weighted by Gasteiger charge is 2.14. The molecule has 0 radical (unpaired) electrons. The van der Waals surface area contributed by atoms with Crippen molar-refractivity contribution in [3.05, 3.63) is 35.7 Å². The molecule has 6 heteroatoms. The minimum absolute atomic E-state index is 0.0744. The van der Waals surface area contributed by atoms with Crippen LogP contribution in [0.1, 0.15) is 17.9 Å². The fourth-order valence-corrected chi connectivity index (χ4v) is 2.13. The first-order valence-corrected chi connectivity index (χ1v) is 7.50. The number of nitrogens with zero attached hydrogens (tertiary/aromatic N) is 1. The Labute approximate surface area is 135 Å². The van der Waals surface area contributed by atoms with Crippen molar-refractivity contribution >= 4 is 5.91 Å².